The third-order valence-electron chi connectivity index (χ3n) is 4.51. The molecule has 1 amide bonds. The van der Waals surface area contributed by atoms with Crippen LogP contribution in [-0.4, -0.2) is 24.7 Å². The number of hydrogen-bond acceptors (Lipinski definition) is 4. The van der Waals surface area contributed by atoms with Crippen LogP contribution in [0.1, 0.15) is 21.5 Å². The van der Waals surface area contributed by atoms with Crippen molar-refractivity contribution in [3.8, 4) is 11.5 Å². The van der Waals surface area contributed by atoms with E-state index >= 15 is 0 Å². The topological polar surface area (TPSA) is 69.6 Å². The average Bonchev–Trinajstić information content (AvgIpc) is 2.75. The first-order valence-corrected chi connectivity index (χ1v) is 9.11. The molecule has 0 saturated heterocycles. The van der Waals surface area contributed by atoms with Crippen molar-refractivity contribution in [1.29, 1.82) is 0 Å². The lowest BCUT2D eigenvalue weighted by molar-refractivity contribution is -0.137. The van der Waals surface area contributed by atoms with Gasteiger partial charge in [0, 0.05) is 18.3 Å². The summed E-state index contributed by atoms with van der Waals surface area (Å²) in [6.45, 7) is -0.115. The summed E-state index contributed by atoms with van der Waals surface area (Å²) in [7, 11) is 2.94. The van der Waals surface area contributed by atoms with Gasteiger partial charge in [-0.1, -0.05) is 12.1 Å². The zero-order chi connectivity index (χ0) is 22.6. The maximum atomic E-state index is 12.9. The number of hydrogen-bond donors (Lipinski definition) is 1. The van der Waals surface area contributed by atoms with E-state index in [0.717, 1.165) is 12.1 Å². The molecule has 0 saturated carbocycles. The lowest BCUT2D eigenvalue weighted by Gasteiger charge is -2.13. The van der Waals surface area contributed by atoms with E-state index in [9.17, 15) is 22.8 Å². The number of benzene rings is 2. The number of carbonyl (C=O) groups is 1. The van der Waals surface area contributed by atoms with Crippen molar-refractivity contribution in [2.24, 2.45) is 0 Å². The van der Waals surface area contributed by atoms with Crippen LogP contribution in [0.15, 0.2) is 65.6 Å². The molecular formula is C22H19F3N2O4. The standard InChI is InChI=1S/C22H19F3N2O4/c1-30-17-7-8-18(19(11-17)31-2)26-21(29)15-6-9-20(28)27(13-15)12-14-4-3-5-16(10-14)22(23,24)25/h3-11,13H,12H2,1-2H3,(H,26,29). The molecule has 0 unspecified atom stereocenters. The highest BCUT2D eigenvalue weighted by Crippen LogP contribution is 2.30. The third-order valence-corrected chi connectivity index (χ3v) is 4.51. The molecule has 0 bridgehead atoms. The van der Waals surface area contributed by atoms with Crippen molar-refractivity contribution in [3.05, 3.63) is 87.8 Å². The second kappa shape index (κ2) is 8.95. The smallest absolute Gasteiger partial charge is 0.416 e. The van der Waals surface area contributed by atoms with E-state index in [-0.39, 0.29) is 17.7 Å². The van der Waals surface area contributed by atoms with Gasteiger partial charge in [-0.3, -0.25) is 9.59 Å². The summed E-state index contributed by atoms with van der Waals surface area (Å²) >= 11 is 0. The minimum atomic E-state index is -4.49. The number of nitrogens with zero attached hydrogens (tertiary/aromatic N) is 1. The Labute approximate surface area is 175 Å². The molecule has 0 aliphatic heterocycles. The zero-order valence-electron chi connectivity index (χ0n) is 16.7. The van der Waals surface area contributed by atoms with Gasteiger partial charge in [-0.05, 0) is 35.9 Å². The summed E-state index contributed by atoms with van der Waals surface area (Å²) in [6.07, 6.45) is -3.19. The quantitative estimate of drug-likeness (QED) is 0.634. The lowest BCUT2D eigenvalue weighted by Crippen LogP contribution is -2.23. The highest BCUT2D eigenvalue weighted by molar-refractivity contribution is 6.04. The minimum Gasteiger partial charge on any atom is -0.497 e. The normalized spacial score (nSPS) is 11.1. The minimum absolute atomic E-state index is 0.115. The molecule has 9 heteroatoms. The van der Waals surface area contributed by atoms with Crippen molar-refractivity contribution in [3.63, 3.8) is 0 Å². The lowest BCUT2D eigenvalue weighted by atomic mass is 10.1. The maximum absolute atomic E-state index is 12.9. The molecule has 3 aromatic rings. The Morgan fingerprint density at radius 3 is 2.48 bits per heavy atom. The molecule has 31 heavy (non-hydrogen) atoms. The van der Waals surface area contributed by atoms with Crippen LogP contribution in [0.5, 0.6) is 11.5 Å². The SMILES string of the molecule is COc1ccc(NC(=O)c2ccc(=O)n(Cc3cccc(C(F)(F)F)c3)c2)c(OC)c1. The van der Waals surface area contributed by atoms with Gasteiger partial charge in [0.2, 0.25) is 0 Å². The molecule has 1 heterocycles. The third kappa shape index (κ3) is 5.25. The number of amides is 1. The first kappa shape index (κ1) is 21.9. The molecule has 0 fully saturated rings. The van der Waals surface area contributed by atoms with Gasteiger partial charge in [0.15, 0.2) is 0 Å². The van der Waals surface area contributed by atoms with Crippen molar-refractivity contribution < 1.29 is 27.4 Å². The fourth-order valence-corrected chi connectivity index (χ4v) is 2.93. The summed E-state index contributed by atoms with van der Waals surface area (Å²) in [5.74, 6) is 0.413. The summed E-state index contributed by atoms with van der Waals surface area (Å²) in [5, 5.41) is 2.68. The van der Waals surface area contributed by atoms with Crippen LogP contribution in [0.4, 0.5) is 18.9 Å². The van der Waals surface area contributed by atoms with Crippen molar-refractivity contribution in [1.82, 2.24) is 4.57 Å². The number of nitrogens with one attached hydrogen (secondary N) is 1. The first-order chi connectivity index (χ1) is 14.7. The predicted molar refractivity (Wildman–Crippen MR) is 109 cm³/mol. The summed E-state index contributed by atoms with van der Waals surface area (Å²) in [4.78, 5) is 24.9. The Balaban J connectivity index is 1.84. The van der Waals surface area contributed by atoms with Gasteiger partial charge in [0.1, 0.15) is 11.5 Å². The fourth-order valence-electron chi connectivity index (χ4n) is 2.93. The van der Waals surface area contributed by atoms with Crippen LogP contribution in [0.3, 0.4) is 0 Å². The summed E-state index contributed by atoms with van der Waals surface area (Å²) in [6, 6.07) is 12.1. The van der Waals surface area contributed by atoms with E-state index in [1.165, 1.54) is 49.2 Å². The molecule has 0 aliphatic rings. The molecule has 0 spiro atoms. The number of alkyl halides is 3. The highest BCUT2D eigenvalue weighted by atomic mass is 19.4. The second-order valence-electron chi connectivity index (χ2n) is 6.60. The molecule has 1 N–H and O–H groups in total. The molecule has 6 nitrogen and oxygen atoms in total. The van der Waals surface area contributed by atoms with Gasteiger partial charge in [-0.15, -0.1) is 0 Å². The molecule has 0 aliphatic carbocycles. The van der Waals surface area contributed by atoms with Crippen molar-refractivity contribution >= 4 is 11.6 Å². The van der Waals surface area contributed by atoms with E-state index in [2.05, 4.69) is 5.32 Å². The fraction of sp³-hybridized carbons (Fsp3) is 0.182. The van der Waals surface area contributed by atoms with Crippen molar-refractivity contribution in [2.75, 3.05) is 19.5 Å². The molecule has 1 aromatic heterocycles. The average molecular weight is 432 g/mol. The van der Waals surface area contributed by atoms with Crippen LogP contribution < -0.4 is 20.3 Å². The summed E-state index contributed by atoms with van der Waals surface area (Å²) < 4.78 is 50.3. The monoisotopic (exact) mass is 432 g/mol. The van der Waals surface area contributed by atoms with E-state index in [1.807, 2.05) is 0 Å². The number of pyridine rings is 1. The number of methoxy groups -OCH3 is 2. The van der Waals surface area contributed by atoms with Gasteiger partial charge < -0.3 is 19.4 Å². The molecule has 2 aromatic carbocycles. The molecule has 162 valence electrons. The molecule has 3 rings (SSSR count). The summed E-state index contributed by atoms with van der Waals surface area (Å²) in [5.41, 5.74) is -0.422. The second-order valence-corrected chi connectivity index (χ2v) is 6.60. The van der Waals surface area contributed by atoms with E-state index in [0.29, 0.717) is 17.2 Å². The molecule has 0 atom stereocenters. The van der Waals surface area contributed by atoms with E-state index < -0.39 is 23.2 Å². The van der Waals surface area contributed by atoms with Gasteiger partial charge in [0.05, 0.1) is 37.6 Å². The Morgan fingerprint density at radius 2 is 1.81 bits per heavy atom. The molecular weight excluding hydrogens is 413 g/mol. The number of aromatic nitrogens is 1. The van der Waals surface area contributed by atoms with Gasteiger partial charge in [0.25, 0.3) is 11.5 Å². The van der Waals surface area contributed by atoms with Crippen LogP contribution in [-0.2, 0) is 12.7 Å². The first-order valence-electron chi connectivity index (χ1n) is 9.11. The van der Waals surface area contributed by atoms with Gasteiger partial charge in [-0.2, -0.15) is 13.2 Å². The zero-order valence-corrected chi connectivity index (χ0v) is 16.7. The van der Waals surface area contributed by atoms with Gasteiger partial charge in [-0.25, -0.2) is 0 Å². The van der Waals surface area contributed by atoms with Crippen LogP contribution in [0.2, 0.25) is 0 Å². The Bertz CT molecular complexity index is 1160. The number of rotatable bonds is 6. The maximum Gasteiger partial charge on any atom is 0.416 e. The predicted octanol–water partition coefficient (Wildman–Crippen LogP) is 4.18. The van der Waals surface area contributed by atoms with E-state index in [4.69, 9.17) is 9.47 Å². The van der Waals surface area contributed by atoms with Crippen molar-refractivity contribution in [2.45, 2.75) is 12.7 Å². The van der Waals surface area contributed by atoms with Crippen LogP contribution in [0, 0.1) is 0 Å². The van der Waals surface area contributed by atoms with E-state index in [1.54, 1.807) is 18.2 Å². The largest absolute Gasteiger partial charge is 0.497 e. The Morgan fingerprint density at radius 1 is 1.03 bits per heavy atom. The highest BCUT2D eigenvalue weighted by Gasteiger charge is 2.30. The van der Waals surface area contributed by atoms with Crippen LogP contribution in [0.25, 0.3) is 0 Å². The Kier molecular flexibility index (Phi) is 6.33. The number of anilines is 1. The number of halogens is 3. The molecule has 0 radical (unpaired) electrons. The number of ether oxygens (including phenoxy) is 2. The Hall–Kier alpha value is -3.75. The van der Waals surface area contributed by atoms with Crippen LogP contribution >= 0.6 is 0 Å². The van der Waals surface area contributed by atoms with Gasteiger partial charge >= 0.3 is 6.18 Å². The number of carbonyl (C=O) groups excluding carboxylic acids is 1.